The summed E-state index contributed by atoms with van der Waals surface area (Å²) in [6.45, 7) is 4.52. The average molecular weight is 410 g/mol. The van der Waals surface area contributed by atoms with Gasteiger partial charge >= 0.3 is 12.1 Å². The van der Waals surface area contributed by atoms with Crippen molar-refractivity contribution < 1.29 is 33.8 Å². The third kappa shape index (κ3) is 8.11. The lowest BCUT2D eigenvalue weighted by Gasteiger charge is -2.19. The predicted molar refractivity (Wildman–Crippen MR) is 98.3 cm³/mol. The zero-order valence-electron chi connectivity index (χ0n) is 15.9. The molecule has 29 heavy (non-hydrogen) atoms. The van der Waals surface area contributed by atoms with Gasteiger partial charge in [0, 0.05) is 6.54 Å². The van der Waals surface area contributed by atoms with Gasteiger partial charge in [-0.05, 0) is 32.9 Å². The van der Waals surface area contributed by atoms with Gasteiger partial charge in [0.15, 0.2) is 0 Å². The van der Waals surface area contributed by atoms with Crippen LogP contribution in [0.2, 0.25) is 0 Å². The molecular formula is C16H22N6O7. The maximum absolute atomic E-state index is 12.1. The number of carboxylic acid groups (broad SMARTS) is 1. The highest BCUT2D eigenvalue weighted by atomic mass is 16.6. The minimum atomic E-state index is -1.33. The van der Waals surface area contributed by atoms with Crippen LogP contribution in [-0.2, 0) is 14.3 Å². The number of amides is 4. The summed E-state index contributed by atoms with van der Waals surface area (Å²) < 4.78 is 4.94. The Kier molecular flexibility index (Phi) is 7.87. The SMILES string of the molecule is CC(C)(C)OC(=O)NC(=N)NC(=O)c1ccc(C(=O)NC[C@H](NC=O)C(=O)O)[nH]1. The lowest BCUT2D eigenvalue weighted by atomic mass is 10.2. The van der Waals surface area contributed by atoms with Crippen LogP contribution in [0.3, 0.4) is 0 Å². The number of H-pyrrole nitrogens is 1. The maximum Gasteiger partial charge on any atom is 0.414 e. The van der Waals surface area contributed by atoms with Crippen molar-refractivity contribution in [2.24, 2.45) is 0 Å². The molecule has 13 heteroatoms. The maximum atomic E-state index is 12.1. The Morgan fingerprint density at radius 1 is 1.17 bits per heavy atom. The van der Waals surface area contributed by atoms with Crippen molar-refractivity contribution in [1.82, 2.24) is 26.3 Å². The number of aromatic nitrogens is 1. The number of guanidine groups is 1. The van der Waals surface area contributed by atoms with Gasteiger partial charge in [0.05, 0.1) is 0 Å². The fourth-order valence-electron chi connectivity index (χ4n) is 1.87. The molecule has 0 spiro atoms. The van der Waals surface area contributed by atoms with E-state index in [0.29, 0.717) is 0 Å². The van der Waals surface area contributed by atoms with Crippen LogP contribution in [0.15, 0.2) is 12.1 Å². The van der Waals surface area contributed by atoms with Crippen LogP contribution < -0.4 is 21.3 Å². The van der Waals surface area contributed by atoms with Gasteiger partial charge in [0.2, 0.25) is 12.4 Å². The molecule has 1 rings (SSSR count). The first-order valence-corrected chi connectivity index (χ1v) is 8.22. The van der Waals surface area contributed by atoms with Crippen LogP contribution in [-0.4, -0.2) is 64.5 Å². The number of hydrogen-bond donors (Lipinski definition) is 7. The summed E-state index contributed by atoms with van der Waals surface area (Å²) in [5.41, 5.74) is -0.930. The summed E-state index contributed by atoms with van der Waals surface area (Å²) in [4.78, 5) is 59.4. The molecular weight excluding hydrogens is 388 g/mol. The number of rotatable bonds is 7. The van der Waals surface area contributed by atoms with Crippen molar-refractivity contribution in [2.75, 3.05) is 6.54 Å². The first kappa shape index (κ1) is 23.1. The van der Waals surface area contributed by atoms with Crippen LogP contribution in [0, 0.1) is 5.41 Å². The summed E-state index contributed by atoms with van der Waals surface area (Å²) >= 11 is 0. The summed E-state index contributed by atoms with van der Waals surface area (Å²) in [6, 6.07) is 1.20. The van der Waals surface area contributed by atoms with E-state index < -0.39 is 41.5 Å². The molecule has 1 aromatic rings. The molecule has 0 radical (unpaired) electrons. The molecule has 1 heterocycles. The van der Waals surface area contributed by atoms with E-state index in [0.717, 1.165) is 0 Å². The fourth-order valence-corrected chi connectivity index (χ4v) is 1.87. The van der Waals surface area contributed by atoms with Crippen molar-refractivity contribution in [1.29, 1.82) is 5.41 Å². The molecule has 0 aromatic carbocycles. The van der Waals surface area contributed by atoms with Crippen molar-refractivity contribution in [3.8, 4) is 0 Å². The number of hydrogen-bond acceptors (Lipinski definition) is 7. The largest absolute Gasteiger partial charge is 0.480 e. The van der Waals surface area contributed by atoms with E-state index in [1.165, 1.54) is 12.1 Å². The molecule has 13 nitrogen and oxygen atoms in total. The molecule has 0 bridgehead atoms. The van der Waals surface area contributed by atoms with Gasteiger partial charge in [-0.3, -0.25) is 30.4 Å². The van der Waals surface area contributed by atoms with Crippen LogP contribution in [0.5, 0.6) is 0 Å². The molecule has 0 aliphatic heterocycles. The fraction of sp³-hybridized carbons (Fsp3) is 0.375. The third-order valence-corrected chi connectivity index (χ3v) is 3.07. The Labute approximate surface area is 165 Å². The molecule has 1 atom stereocenters. The summed E-state index contributed by atoms with van der Waals surface area (Å²) in [5, 5.41) is 24.9. The minimum Gasteiger partial charge on any atom is -0.480 e. The highest BCUT2D eigenvalue weighted by Gasteiger charge is 2.20. The van der Waals surface area contributed by atoms with Gasteiger partial charge in [-0.25, -0.2) is 9.59 Å². The molecule has 0 aliphatic rings. The lowest BCUT2D eigenvalue weighted by molar-refractivity contribution is -0.140. The van der Waals surface area contributed by atoms with Crippen LogP contribution >= 0.6 is 0 Å². The van der Waals surface area contributed by atoms with E-state index >= 15 is 0 Å². The minimum absolute atomic E-state index is 0.0583. The number of ether oxygens (including phenoxy) is 1. The number of nitrogens with one attached hydrogen (secondary N) is 6. The van der Waals surface area contributed by atoms with E-state index in [2.05, 4.69) is 15.6 Å². The molecule has 0 aliphatic carbocycles. The van der Waals surface area contributed by atoms with Gasteiger partial charge in [-0.1, -0.05) is 0 Å². The Balaban J connectivity index is 2.61. The van der Waals surface area contributed by atoms with Crippen LogP contribution in [0.25, 0.3) is 0 Å². The third-order valence-electron chi connectivity index (χ3n) is 3.07. The van der Waals surface area contributed by atoms with Crippen LogP contribution in [0.4, 0.5) is 4.79 Å². The number of carbonyl (C=O) groups is 5. The molecule has 0 unspecified atom stereocenters. The number of aliphatic carboxylic acids is 1. The molecule has 0 saturated carbocycles. The van der Waals surface area contributed by atoms with Crippen LogP contribution in [0.1, 0.15) is 41.7 Å². The van der Waals surface area contributed by atoms with E-state index in [9.17, 15) is 24.0 Å². The normalized spacial score (nSPS) is 11.6. The summed E-state index contributed by atoms with van der Waals surface area (Å²) in [7, 11) is 0. The number of carbonyl (C=O) groups excluding carboxylic acids is 4. The quantitative estimate of drug-likeness (QED) is 0.172. The van der Waals surface area contributed by atoms with E-state index in [1.54, 1.807) is 20.8 Å². The van der Waals surface area contributed by atoms with Crippen molar-refractivity contribution in [3.05, 3.63) is 23.5 Å². The number of aromatic amines is 1. The predicted octanol–water partition coefficient (Wildman–Crippen LogP) is -0.867. The smallest absolute Gasteiger partial charge is 0.414 e. The highest BCUT2D eigenvalue weighted by molar-refractivity contribution is 6.07. The molecule has 0 fully saturated rings. The lowest BCUT2D eigenvalue weighted by Crippen LogP contribution is -2.45. The van der Waals surface area contributed by atoms with E-state index in [4.69, 9.17) is 15.3 Å². The van der Waals surface area contributed by atoms with Crippen molar-refractivity contribution in [3.63, 3.8) is 0 Å². The monoisotopic (exact) mass is 410 g/mol. The average Bonchev–Trinajstić information content (AvgIpc) is 3.06. The standard InChI is InChI=1S/C16H22N6O7/c1-16(2,3)29-15(28)22-14(17)21-12(25)9-5-4-8(20-9)11(24)18-6-10(13(26)27)19-7-23/h4-5,7,10,20H,6H2,1-3H3,(H,18,24)(H,19,23)(H,26,27)(H3,17,21,22,25,28)/t10-/m0/s1. The van der Waals surface area contributed by atoms with Gasteiger partial charge in [0.25, 0.3) is 11.8 Å². The molecule has 158 valence electrons. The van der Waals surface area contributed by atoms with Gasteiger partial charge in [0.1, 0.15) is 23.0 Å². The Hall–Kier alpha value is -3.90. The Morgan fingerprint density at radius 3 is 2.28 bits per heavy atom. The first-order valence-electron chi connectivity index (χ1n) is 8.22. The van der Waals surface area contributed by atoms with E-state index in [1.807, 2.05) is 10.6 Å². The zero-order chi connectivity index (χ0) is 22.2. The van der Waals surface area contributed by atoms with Gasteiger partial charge in [-0.15, -0.1) is 0 Å². The van der Waals surface area contributed by atoms with Gasteiger partial charge < -0.3 is 25.5 Å². The summed E-state index contributed by atoms with van der Waals surface area (Å²) in [5.74, 6) is -3.49. The molecule has 4 amide bonds. The second-order valence-corrected chi connectivity index (χ2v) is 6.63. The summed E-state index contributed by atoms with van der Waals surface area (Å²) in [6.07, 6.45) is -0.728. The number of alkyl carbamates (subject to hydrolysis) is 1. The number of carboxylic acids is 1. The highest BCUT2D eigenvalue weighted by Crippen LogP contribution is 2.06. The first-order chi connectivity index (χ1) is 13.4. The van der Waals surface area contributed by atoms with Gasteiger partial charge in [-0.2, -0.15) is 0 Å². The molecule has 0 saturated heterocycles. The second-order valence-electron chi connectivity index (χ2n) is 6.63. The molecule has 7 N–H and O–H groups in total. The van der Waals surface area contributed by atoms with E-state index in [-0.39, 0.29) is 24.3 Å². The second kappa shape index (κ2) is 9.87. The Morgan fingerprint density at radius 2 is 1.76 bits per heavy atom. The topological polar surface area (TPSA) is 203 Å². The zero-order valence-corrected chi connectivity index (χ0v) is 15.9. The Bertz CT molecular complexity index is 811. The van der Waals surface area contributed by atoms with Crippen molar-refractivity contribution >= 4 is 36.2 Å². The molecule has 1 aromatic heterocycles. The van der Waals surface area contributed by atoms with Crippen molar-refractivity contribution in [2.45, 2.75) is 32.4 Å².